The van der Waals surface area contributed by atoms with Crippen molar-refractivity contribution in [2.45, 2.75) is 31.9 Å². The standard InChI is InChI=1S/C18H20BrNO/c1-13-11-16(9-10-17(13)19)21-18(12-20-15-7-8-15)14-5-3-2-4-6-14/h2-6,9-11,15,18,20H,7-8,12H2,1H3. The Morgan fingerprint density at radius 3 is 2.62 bits per heavy atom. The van der Waals surface area contributed by atoms with Crippen molar-refractivity contribution in [3.05, 3.63) is 64.1 Å². The van der Waals surface area contributed by atoms with Gasteiger partial charge in [-0.25, -0.2) is 0 Å². The highest BCUT2D eigenvalue weighted by Crippen LogP contribution is 2.27. The van der Waals surface area contributed by atoms with Crippen molar-refractivity contribution in [2.75, 3.05) is 6.54 Å². The summed E-state index contributed by atoms with van der Waals surface area (Å²) in [5, 5.41) is 3.57. The normalized spacial score (nSPS) is 15.7. The molecule has 0 saturated heterocycles. The number of halogens is 1. The molecule has 0 spiro atoms. The minimum absolute atomic E-state index is 0.0485. The molecule has 110 valence electrons. The van der Waals surface area contributed by atoms with E-state index in [0.717, 1.165) is 16.8 Å². The molecular formula is C18H20BrNO. The summed E-state index contributed by atoms with van der Waals surface area (Å²) in [5.74, 6) is 0.919. The van der Waals surface area contributed by atoms with Gasteiger partial charge >= 0.3 is 0 Å². The van der Waals surface area contributed by atoms with E-state index in [1.54, 1.807) is 0 Å². The highest BCUT2D eigenvalue weighted by atomic mass is 79.9. The predicted octanol–water partition coefficient (Wildman–Crippen LogP) is 4.63. The minimum atomic E-state index is 0.0485. The Morgan fingerprint density at radius 2 is 1.95 bits per heavy atom. The molecule has 1 aliphatic carbocycles. The molecule has 2 aromatic carbocycles. The third-order valence-corrected chi connectivity index (χ3v) is 4.64. The van der Waals surface area contributed by atoms with E-state index < -0.39 is 0 Å². The minimum Gasteiger partial charge on any atom is -0.484 e. The zero-order valence-corrected chi connectivity index (χ0v) is 13.8. The fourth-order valence-electron chi connectivity index (χ4n) is 2.31. The number of rotatable bonds is 6. The summed E-state index contributed by atoms with van der Waals surface area (Å²) in [4.78, 5) is 0. The summed E-state index contributed by atoms with van der Waals surface area (Å²) in [6.07, 6.45) is 2.63. The molecule has 0 aromatic heterocycles. The molecule has 0 bridgehead atoms. The number of benzene rings is 2. The largest absolute Gasteiger partial charge is 0.484 e. The molecule has 2 nitrogen and oxygen atoms in total. The maximum Gasteiger partial charge on any atom is 0.136 e. The lowest BCUT2D eigenvalue weighted by Gasteiger charge is -2.20. The van der Waals surface area contributed by atoms with Crippen LogP contribution in [0.15, 0.2) is 53.0 Å². The molecule has 1 aliphatic rings. The molecule has 1 atom stereocenters. The van der Waals surface area contributed by atoms with Crippen LogP contribution in [0.5, 0.6) is 5.75 Å². The van der Waals surface area contributed by atoms with Crippen molar-refractivity contribution >= 4 is 15.9 Å². The summed E-state index contributed by atoms with van der Waals surface area (Å²) in [6, 6.07) is 17.3. The monoisotopic (exact) mass is 345 g/mol. The molecule has 1 saturated carbocycles. The molecule has 0 amide bonds. The highest BCUT2D eigenvalue weighted by molar-refractivity contribution is 9.10. The Kier molecular flexibility index (Phi) is 4.61. The number of hydrogen-bond acceptors (Lipinski definition) is 2. The van der Waals surface area contributed by atoms with Crippen LogP contribution in [0.3, 0.4) is 0 Å². The topological polar surface area (TPSA) is 21.3 Å². The van der Waals surface area contributed by atoms with Crippen molar-refractivity contribution in [1.82, 2.24) is 5.32 Å². The first kappa shape index (κ1) is 14.6. The summed E-state index contributed by atoms with van der Waals surface area (Å²) >= 11 is 3.53. The number of hydrogen-bond donors (Lipinski definition) is 1. The van der Waals surface area contributed by atoms with E-state index in [1.807, 2.05) is 18.2 Å². The lowest BCUT2D eigenvalue weighted by molar-refractivity contribution is 0.201. The second kappa shape index (κ2) is 6.63. The summed E-state index contributed by atoms with van der Waals surface area (Å²) in [7, 11) is 0. The van der Waals surface area contributed by atoms with Gasteiger partial charge in [-0.3, -0.25) is 0 Å². The van der Waals surface area contributed by atoms with Gasteiger partial charge < -0.3 is 10.1 Å². The lowest BCUT2D eigenvalue weighted by Crippen LogP contribution is -2.26. The second-order valence-corrected chi connectivity index (χ2v) is 6.47. The van der Waals surface area contributed by atoms with Gasteiger partial charge in [0, 0.05) is 17.1 Å². The van der Waals surface area contributed by atoms with Crippen LogP contribution in [0.25, 0.3) is 0 Å². The maximum absolute atomic E-state index is 6.23. The van der Waals surface area contributed by atoms with Crippen LogP contribution < -0.4 is 10.1 Å². The van der Waals surface area contributed by atoms with Gasteiger partial charge in [0.15, 0.2) is 0 Å². The Balaban J connectivity index is 1.75. The van der Waals surface area contributed by atoms with Gasteiger partial charge in [-0.05, 0) is 49.1 Å². The third-order valence-electron chi connectivity index (χ3n) is 3.75. The van der Waals surface area contributed by atoms with Crippen molar-refractivity contribution in [2.24, 2.45) is 0 Å². The molecule has 1 fully saturated rings. The third kappa shape index (κ3) is 4.08. The van der Waals surface area contributed by atoms with Crippen LogP contribution in [0.1, 0.15) is 30.1 Å². The van der Waals surface area contributed by atoms with Crippen LogP contribution >= 0.6 is 15.9 Å². The lowest BCUT2D eigenvalue weighted by atomic mass is 10.1. The Labute approximate surface area is 134 Å². The van der Waals surface area contributed by atoms with Crippen LogP contribution in [0.2, 0.25) is 0 Å². The van der Waals surface area contributed by atoms with Crippen LogP contribution in [0, 0.1) is 6.92 Å². The van der Waals surface area contributed by atoms with Crippen LogP contribution in [-0.4, -0.2) is 12.6 Å². The van der Waals surface area contributed by atoms with Crippen molar-refractivity contribution in [3.8, 4) is 5.75 Å². The Bertz CT molecular complexity index is 595. The van der Waals surface area contributed by atoms with E-state index in [4.69, 9.17) is 4.74 Å². The zero-order chi connectivity index (χ0) is 14.7. The molecule has 1 N–H and O–H groups in total. The molecule has 3 heteroatoms. The summed E-state index contributed by atoms with van der Waals surface area (Å²) in [6.45, 7) is 2.93. The van der Waals surface area contributed by atoms with Gasteiger partial charge in [-0.2, -0.15) is 0 Å². The van der Waals surface area contributed by atoms with E-state index >= 15 is 0 Å². The summed E-state index contributed by atoms with van der Waals surface area (Å²) < 4.78 is 7.34. The Hall–Kier alpha value is -1.32. The van der Waals surface area contributed by atoms with Crippen LogP contribution in [0.4, 0.5) is 0 Å². The molecule has 2 aromatic rings. The van der Waals surface area contributed by atoms with Gasteiger partial charge in [0.1, 0.15) is 11.9 Å². The number of aryl methyl sites for hydroxylation is 1. The fraction of sp³-hybridized carbons (Fsp3) is 0.333. The molecule has 3 rings (SSSR count). The number of ether oxygens (including phenoxy) is 1. The van der Waals surface area contributed by atoms with Crippen LogP contribution in [-0.2, 0) is 0 Å². The first-order valence-corrected chi connectivity index (χ1v) is 8.23. The average Bonchev–Trinajstić information content (AvgIpc) is 3.32. The molecule has 0 heterocycles. The van der Waals surface area contributed by atoms with Crippen molar-refractivity contribution in [1.29, 1.82) is 0 Å². The molecule has 0 aliphatic heterocycles. The van der Waals surface area contributed by atoms with Crippen molar-refractivity contribution in [3.63, 3.8) is 0 Å². The van der Waals surface area contributed by atoms with Gasteiger partial charge in [0.05, 0.1) is 0 Å². The quantitative estimate of drug-likeness (QED) is 0.823. The fourth-order valence-corrected chi connectivity index (χ4v) is 2.56. The molecule has 21 heavy (non-hydrogen) atoms. The van der Waals surface area contributed by atoms with E-state index in [0.29, 0.717) is 6.04 Å². The first-order valence-electron chi connectivity index (χ1n) is 7.43. The van der Waals surface area contributed by atoms with E-state index in [2.05, 4.69) is 58.5 Å². The summed E-state index contributed by atoms with van der Waals surface area (Å²) in [5.41, 5.74) is 2.40. The highest BCUT2D eigenvalue weighted by Gasteiger charge is 2.23. The first-order chi connectivity index (χ1) is 10.2. The maximum atomic E-state index is 6.23. The zero-order valence-electron chi connectivity index (χ0n) is 12.2. The van der Waals surface area contributed by atoms with Crippen molar-refractivity contribution < 1.29 is 4.74 Å². The Morgan fingerprint density at radius 1 is 1.19 bits per heavy atom. The smallest absolute Gasteiger partial charge is 0.136 e. The predicted molar refractivity (Wildman–Crippen MR) is 89.7 cm³/mol. The van der Waals surface area contributed by atoms with Gasteiger partial charge in [0.25, 0.3) is 0 Å². The van der Waals surface area contributed by atoms with E-state index in [-0.39, 0.29) is 6.10 Å². The van der Waals surface area contributed by atoms with E-state index in [1.165, 1.54) is 24.0 Å². The number of nitrogens with one attached hydrogen (secondary N) is 1. The van der Waals surface area contributed by atoms with Gasteiger partial charge in [-0.1, -0.05) is 46.3 Å². The second-order valence-electron chi connectivity index (χ2n) is 5.61. The van der Waals surface area contributed by atoms with Gasteiger partial charge in [0.2, 0.25) is 0 Å². The SMILES string of the molecule is Cc1cc(OC(CNC2CC2)c2ccccc2)ccc1Br. The molecular weight excluding hydrogens is 326 g/mol. The van der Waals surface area contributed by atoms with E-state index in [9.17, 15) is 0 Å². The molecule has 1 unspecified atom stereocenters. The average molecular weight is 346 g/mol. The molecule has 0 radical (unpaired) electrons. The van der Waals surface area contributed by atoms with Gasteiger partial charge in [-0.15, -0.1) is 0 Å².